The first-order valence-electron chi connectivity index (χ1n) is 8.73. The van der Waals surface area contributed by atoms with Crippen molar-refractivity contribution in [1.29, 1.82) is 0 Å². The minimum atomic E-state index is -2.43. The van der Waals surface area contributed by atoms with Crippen molar-refractivity contribution in [1.82, 2.24) is 0 Å². The average molecular weight is 353 g/mol. The molecular weight excluding hydrogens is 316 g/mol. The zero-order valence-corrected chi connectivity index (χ0v) is 18.7. The van der Waals surface area contributed by atoms with Crippen molar-refractivity contribution < 1.29 is 8.85 Å². The molecule has 0 aromatic carbocycles. The van der Waals surface area contributed by atoms with Gasteiger partial charge in [0.1, 0.15) is 14.2 Å². The Labute approximate surface area is 146 Å². The SMILES string of the molecule is C=CCC[C@@H]1O[Si](C(C)(C)C)(C(C)(C)C)O[C@H]1C#C[Si](C)(C)C. The summed E-state index contributed by atoms with van der Waals surface area (Å²) in [6.07, 6.45) is 3.82. The standard InChI is InChI=1S/C19H36O2Si2/c1-11-12-13-16-17(14-15-22(8,9)10)21-23(20-16,18(2,3)4)19(5,6)7/h11,16-17H,1,12-13H2,2-10H3/t16-,17-/m0/s1. The Morgan fingerprint density at radius 2 is 1.57 bits per heavy atom. The van der Waals surface area contributed by atoms with Crippen LogP contribution in [0.25, 0.3) is 0 Å². The summed E-state index contributed by atoms with van der Waals surface area (Å²) in [4.78, 5) is 0. The first kappa shape index (κ1) is 20.7. The van der Waals surface area contributed by atoms with Crippen molar-refractivity contribution in [3.63, 3.8) is 0 Å². The lowest BCUT2D eigenvalue weighted by atomic mass is 10.1. The van der Waals surface area contributed by atoms with Crippen LogP contribution in [0.4, 0.5) is 0 Å². The monoisotopic (exact) mass is 352 g/mol. The van der Waals surface area contributed by atoms with Crippen LogP contribution in [-0.4, -0.2) is 28.8 Å². The third-order valence-corrected chi connectivity index (χ3v) is 10.2. The molecule has 2 atom stereocenters. The second kappa shape index (κ2) is 6.88. The van der Waals surface area contributed by atoms with Gasteiger partial charge in [0.05, 0.1) is 6.10 Å². The zero-order valence-electron chi connectivity index (χ0n) is 16.7. The van der Waals surface area contributed by atoms with E-state index in [1.807, 2.05) is 6.08 Å². The van der Waals surface area contributed by atoms with Gasteiger partial charge in [0.25, 0.3) is 0 Å². The van der Waals surface area contributed by atoms with Crippen LogP contribution in [-0.2, 0) is 8.85 Å². The second-order valence-corrected chi connectivity index (χ2v) is 19.2. The number of allylic oxidation sites excluding steroid dienone is 1. The van der Waals surface area contributed by atoms with E-state index in [-0.39, 0.29) is 22.3 Å². The summed E-state index contributed by atoms with van der Waals surface area (Å²) in [6.45, 7) is 24.2. The van der Waals surface area contributed by atoms with Crippen LogP contribution in [0.15, 0.2) is 12.7 Å². The van der Waals surface area contributed by atoms with Crippen molar-refractivity contribution >= 4 is 16.6 Å². The molecule has 1 aliphatic rings. The molecule has 4 heteroatoms. The third-order valence-electron chi connectivity index (χ3n) is 4.17. The van der Waals surface area contributed by atoms with Crippen LogP contribution in [0.3, 0.4) is 0 Å². The average Bonchev–Trinajstić information content (AvgIpc) is 2.72. The fourth-order valence-corrected chi connectivity index (χ4v) is 8.82. The summed E-state index contributed by atoms with van der Waals surface area (Å²) in [5.74, 6) is 3.44. The van der Waals surface area contributed by atoms with E-state index in [2.05, 4.69) is 79.2 Å². The molecule has 0 bridgehead atoms. The molecule has 0 N–H and O–H groups in total. The highest BCUT2D eigenvalue weighted by Crippen LogP contribution is 2.56. The normalized spacial score (nSPS) is 24.9. The Kier molecular flexibility index (Phi) is 6.19. The summed E-state index contributed by atoms with van der Waals surface area (Å²) >= 11 is 0. The maximum Gasteiger partial charge on any atom is 0.350 e. The molecule has 1 rings (SSSR count). The second-order valence-electron chi connectivity index (χ2n) is 9.70. The molecule has 1 saturated heterocycles. The molecule has 1 aliphatic heterocycles. The molecule has 2 nitrogen and oxygen atoms in total. The van der Waals surface area contributed by atoms with Gasteiger partial charge < -0.3 is 8.85 Å². The topological polar surface area (TPSA) is 18.5 Å². The maximum absolute atomic E-state index is 6.74. The molecule has 0 radical (unpaired) electrons. The van der Waals surface area contributed by atoms with Gasteiger partial charge in [0, 0.05) is 10.1 Å². The molecule has 0 spiro atoms. The van der Waals surface area contributed by atoms with E-state index in [4.69, 9.17) is 8.85 Å². The summed E-state index contributed by atoms with van der Waals surface area (Å²) in [7, 11) is -3.85. The van der Waals surface area contributed by atoms with Crippen LogP contribution in [0.1, 0.15) is 54.4 Å². The molecule has 1 fully saturated rings. The molecule has 0 amide bonds. The van der Waals surface area contributed by atoms with Gasteiger partial charge in [-0.2, -0.15) is 0 Å². The van der Waals surface area contributed by atoms with Gasteiger partial charge in [-0.05, 0) is 12.8 Å². The van der Waals surface area contributed by atoms with Gasteiger partial charge in [-0.1, -0.05) is 73.2 Å². The Morgan fingerprint density at radius 3 is 1.96 bits per heavy atom. The smallest absolute Gasteiger partial charge is 0.350 e. The Hall–Kier alpha value is -0.346. The van der Waals surface area contributed by atoms with Crippen molar-refractivity contribution in [2.24, 2.45) is 0 Å². The largest absolute Gasteiger partial charge is 0.387 e. The minimum Gasteiger partial charge on any atom is -0.387 e. The van der Waals surface area contributed by atoms with E-state index < -0.39 is 16.6 Å². The van der Waals surface area contributed by atoms with Crippen molar-refractivity contribution in [3.05, 3.63) is 12.7 Å². The quantitative estimate of drug-likeness (QED) is 0.371. The lowest BCUT2D eigenvalue weighted by Crippen LogP contribution is -2.54. The van der Waals surface area contributed by atoms with E-state index in [0.717, 1.165) is 12.8 Å². The molecule has 0 aliphatic carbocycles. The fraction of sp³-hybridized carbons (Fsp3) is 0.789. The highest BCUT2D eigenvalue weighted by Gasteiger charge is 2.64. The van der Waals surface area contributed by atoms with Crippen molar-refractivity contribution in [2.75, 3.05) is 0 Å². The maximum atomic E-state index is 6.74. The molecule has 0 saturated carbocycles. The van der Waals surface area contributed by atoms with Crippen LogP contribution >= 0.6 is 0 Å². The number of rotatable bonds is 3. The predicted octanol–water partition coefficient (Wildman–Crippen LogP) is 5.66. The molecule has 0 unspecified atom stereocenters. The summed E-state index contributed by atoms with van der Waals surface area (Å²) in [6, 6.07) is 0. The van der Waals surface area contributed by atoms with Gasteiger partial charge in [-0.3, -0.25) is 0 Å². The first-order chi connectivity index (χ1) is 10.2. The van der Waals surface area contributed by atoms with Gasteiger partial charge in [0.15, 0.2) is 0 Å². The van der Waals surface area contributed by atoms with Crippen molar-refractivity contribution in [2.45, 2.75) is 96.3 Å². The Bertz CT molecular complexity index is 467. The van der Waals surface area contributed by atoms with E-state index in [9.17, 15) is 0 Å². The van der Waals surface area contributed by atoms with Gasteiger partial charge >= 0.3 is 8.56 Å². The minimum absolute atomic E-state index is 0.00721. The third kappa shape index (κ3) is 4.82. The molecule has 23 heavy (non-hydrogen) atoms. The van der Waals surface area contributed by atoms with Gasteiger partial charge in [-0.15, -0.1) is 12.1 Å². The highest BCUT2D eigenvalue weighted by atomic mass is 28.4. The molecule has 1 heterocycles. The molecule has 0 aromatic heterocycles. The summed E-state index contributed by atoms with van der Waals surface area (Å²) in [5, 5.41) is 0.0144. The van der Waals surface area contributed by atoms with Crippen LogP contribution in [0.2, 0.25) is 29.7 Å². The van der Waals surface area contributed by atoms with E-state index >= 15 is 0 Å². The van der Waals surface area contributed by atoms with Gasteiger partial charge in [-0.25, -0.2) is 0 Å². The fourth-order valence-electron chi connectivity index (χ4n) is 3.29. The number of hydrogen-bond donors (Lipinski definition) is 0. The Morgan fingerprint density at radius 1 is 1.04 bits per heavy atom. The number of hydrogen-bond acceptors (Lipinski definition) is 2. The molecular formula is C19H36O2Si2. The first-order valence-corrected chi connectivity index (χ1v) is 14.0. The van der Waals surface area contributed by atoms with Crippen LogP contribution in [0.5, 0.6) is 0 Å². The summed E-state index contributed by atoms with van der Waals surface area (Å²) in [5.41, 5.74) is 3.49. The van der Waals surface area contributed by atoms with E-state index in [1.165, 1.54) is 0 Å². The van der Waals surface area contributed by atoms with Crippen LogP contribution in [0, 0.1) is 11.5 Å². The molecule has 132 valence electrons. The lowest BCUT2D eigenvalue weighted by molar-refractivity contribution is 0.182. The lowest BCUT2D eigenvalue weighted by Gasteiger charge is -2.45. The van der Waals surface area contributed by atoms with Crippen LogP contribution < -0.4 is 0 Å². The van der Waals surface area contributed by atoms with Crippen molar-refractivity contribution in [3.8, 4) is 11.5 Å². The molecule has 0 aromatic rings. The van der Waals surface area contributed by atoms with E-state index in [1.54, 1.807) is 0 Å². The summed E-state index contributed by atoms with van der Waals surface area (Å²) < 4.78 is 13.5. The zero-order chi connectivity index (χ0) is 18.1. The highest BCUT2D eigenvalue weighted by molar-refractivity contribution is 6.83. The predicted molar refractivity (Wildman–Crippen MR) is 105 cm³/mol. The Balaban J connectivity index is 3.24. The van der Waals surface area contributed by atoms with E-state index in [0.29, 0.717) is 0 Å². The van der Waals surface area contributed by atoms with Gasteiger partial charge in [0.2, 0.25) is 0 Å².